The second kappa shape index (κ2) is 4.49. The molecule has 0 amide bonds. The number of benzene rings is 1. The maximum Gasteiger partial charge on any atom is 0.434 e. The zero-order valence-corrected chi connectivity index (χ0v) is 9.90. The van der Waals surface area contributed by atoms with Crippen LogP contribution in [0, 0.1) is 0 Å². The topological polar surface area (TPSA) is 12.9 Å². The molecule has 5 heteroatoms. The largest absolute Gasteiger partial charge is 0.434 e. The molecule has 0 bridgehead atoms. The number of aryl methyl sites for hydroxylation is 1. The molecule has 0 unspecified atom stereocenters. The molecule has 1 nitrogen and oxygen atoms in total. The molecule has 0 saturated carbocycles. The van der Waals surface area contributed by atoms with E-state index in [1.165, 1.54) is 0 Å². The Morgan fingerprint density at radius 3 is 2.29 bits per heavy atom. The summed E-state index contributed by atoms with van der Waals surface area (Å²) >= 11 is 1.01. The molecule has 0 saturated heterocycles. The molecule has 0 aliphatic heterocycles. The molecule has 1 aromatic carbocycles. The number of nitrogens with zero attached hydrogens (tertiary/aromatic N) is 1. The number of hydrogen-bond acceptors (Lipinski definition) is 2. The number of halogens is 3. The van der Waals surface area contributed by atoms with Gasteiger partial charge in [0.15, 0.2) is 5.69 Å². The van der Waals surface area contributed by atoms with Gasteiger partial charge in [0, 0.05) is 10.9 Å². The molecule has 1 heterocycles. The summed E-state index contributed by atoms with van der Waals surface area (Å²) in [6.45, 7) is 2.03. The van der Waals surface area contributed by atoms with Gasteiger partial charge < -0.3 is 0 Å². The Labute approximate surface area is 101 Å². The van der Waals surface area contributed by atoms with Crippen LogP contribution in [0.1, 0.15) is 18.2 Å². The van der Waals surface area contributed by atoms with Crippen LogP contribution in [0.15, 0.2) is 29.6 Å². The van der Waals surface area contributed by atoms with Crippen LogP contribution < -0.4 is 0 Å². The van der Waals surface area contributed by atoms with E-state index in [0.717, 1.165) is 34.3 Å². The van der Waals surface area contributed by atoms with E-state index in [2.05, 4.69) is 4.98 Å². The Kier molecular flexibility index (Phi) is 3.19. The molecule has 0 fully saturated rings. The van der Waals surface area contributed by atoms with E-state index in [0.29, 0.717) is 5.01 Å². The van der Waals surface area contributed by atoms with Crippen LogP contribution in [0.2, 0.25) is 0 Å². The van der Waals surface area contributed by atoms with Gasteiger partial charge in [0.05, 0.1) is 0 Å². The van der Waals surface area contributed by atoms with E-state index in [-0.39, 0.29) is 0 Å². The summed E-state index contributed by atoms with van der Waals surface area (Å²) < 4.78 is 37.1. The number of aromatic nitrogens is 1. The van der Waals surface area contributed by atoms with Crippen molar-refractivity contribution in [3.63, 3.8) is 0 Å². The van der Waals surface area contributed by atoms with Gasteiger partial charge in [0.1, 0.15) is 5.01 Å². The van der Waals surface area contributed by atoms with Crippen molar-refractivity contribution < 1.29 is 13.2 Å². The van der Waals surface area contributed by atoms with Gasteiger partial charge in [-0.25, -0.2) is 4.98 Å². The quantitative estimate of drug-likeness (QED) is 0.777. The van der Waals surface area contributed by atoms with Crippen LogP contribution >= 0.6 is 11.3 Å². The van der Waals surface area contributed by atoms with Crippen LogP contribution in [0.5, 0.6) is 0 Å². The fourth-order valence-corrected chi connectivity index (χ4v) is 2.25. The van der Waals surface area contributed by atoms with Gasteiger partial charge in [0.2, 0.25) is 0 Å². The summed E-state index contributed by atoms with van der Waals surface area (Å²) in [6.07, 6.45) is -3.45. The molecule has 1 aromatic heterocycles. The first kappa shape index (κ1) is 12.1. The van der Waals surface area contributed by atoms with E-state index >= 15 is 0 Å². The van der Waals surface area contributed by atoms with Crippen LogP contribution in [-0.2, 0) is 12.6 Å². The van der Waals surface area contributed by atoms with Gasteiger partial charge in [-0.2, -0.15) is 13.2 Å². The molecule has 0 aliphatic rings. The first-order chi connectivity index (χ1) is 8.00. The minimum atomic E-state index is -4.36. The zero-order chi connectivity index (χ0) is 12.5. The Balaban J connectivity index is 2.30. The fourth-order valence-electron chi connectivity index (χ4n) is 1.42. The van der Waals surface area contributed by atoms with Crippen molar-refractivity contribution in [1.29, 1.82) is 0 Å². The van der Waals surface area contributed by atoms with Gasteiger partial charge in [-0.05, 0) is 12.0 Å². The lowest BCUT2D eigenvalue weighted by Crippen LogP contribution is -2.04. The van der Waals surface area contributed by atoms with Crippen molar-refractivity contribution in [3.05, 3.63) is 40.9 Å². The van der Waals surface area contributed by atoms with Gasteiger partial charge in [-0.1, -0.05) is 31.2 Å². The standard InChI is InChI=1S/C12H10F3NS/c1-2-8-3-5-9(6-4-8)11-16-10(7-17-11)12(13,14)15/h3-7H,2H2,1H3. The molecule has 2 aromatic rings. The highest BCUT2D eigenvalue weighted by Gasteiger charge is 2.33. The Morgan fingerprint density at radius 2 is 1.82 bits per heavy atom. The molecule has 0 spiro atoms. The maximum absolute atomic E-state index is 12.4. The minimum absolute atomic E-state index is 0.403. The monoisotopic (exact) mass is 257 g/mol. The van der Waals surface area contributed by atoms with Crippen molar-refractivity contribution in [1.82, 2.24) is 4.98 Å². The van der Waals surface area contributed by atoms with E-state index in [1.807, 2.05) is 19.1 Å². The van der Waals surface area contributed by atoms with Crippen molar-refractivity contribution >= 4 is 11.3 Å². The van der Waals surface area contributed by atoms with E-state index in [1.54, 1.807) is 12.1 Å². The number of hydrogen-bond donors (Lipinski definition) is 0. The van der Waals surface area contributed by atoms with E-state index in [9.17, 15) is 13.2 Å². The lowest BCUT2D eigenvalue weighted by atomic mass is 10.1. The van der Waals surface area contributed by atoms with Gasteiger partial charge in [-0.15, -0.1) is 11.3 Å². The van der Waals surface area contributed by atoms with Crippen molar-refractivity contribution in [2.45, 2.75) is 19.5 Å². The van der Waals surface area contributed by atoms with E-state index < -0.39 is 11.9 Å². The summed E-state index contributed by atoms with van der Waals surface area (Å²) in [5.74, 6) is 0. The average Bonchev–Trinajstić information content (AvgIpc) is 2.78. The third kappa shape index (κ3) is 2.66. The van der Waals surface area contributed by atoms with Gasteiger partial charge >= 0.3 is 6.18 Å². The highest BCUT2D eigenvalue weighted by atomic mass is 32.1. The lowest BCUT2D eigenvalue weighted by molar-refractivity contribution is -0.140. The number of alkyl halides is 3. The summed E-state index contributed by atoms with van der Waals surface area (Å²) in [4.78, 5) is 3.60. The van der Waals surface area contributed by atoms with Crippen molar-refractivity contribution in [3.8, 4) is 10.6 Å². The summed E-state index contributed by atoms with van der Waals surface area (Å²) in [5, 5.41) is 1.45. The SMILES string of the molecule is CCc1ccc(-c2nc(C(F)(F)F)cs2)cc1. The van der Waals surface area contributed by atoms with Crippen LogP contribution in [0.3, 0.4) is 0 Å². The van der Waals surface area contributed by atoms with Crippen molar-refractivity contribution in [2.24, 2.45) is 0 Å². The molecule has 0 radical (unpaired) electrons. The lowest BCUT2D eigenvalue weighted by Gasteiger charge is -2.01. The number of thiazole rings is 1. The molecular formula is C12H10F3NS. The second-order valence-corrected chi connectivity index (χ2v) is 4.44. The third-order valence-electron chi connectivity index (χ3n) is 2.40. The molecule has 17 heavy (non-hydrogen) atoms. The first-order valence-corrected chi connectivity index (χ1v) is 6.00. The molecular weight excluding hydrogens is 247 g/mol. The Hall–Kier alpha value is -1.36. The predicted octanol–water partition coefficient (Wildman–Crippen LogP) is 4.39. The zero-order valence-electron chi connectivity index (χ0n) is 9.08. The summed E-state index contributed by atoms with van der Waals surface area (Å²) in [5.41, 5.74) is 1.06. The Bertz CT molecular complexity index is 499. The maximum atomic E-state index is 12.4. The van der Waals surface area contributed by atoms with E-state index in [4.69, 9.17) is 0 Å². The minimum Gasteiger partial charge on any atom is -0.232 e. The first-order valence-electron chi connectivity index (χ1n) is 5.12. The molecule has 2 rings (SSSR count). The number of rotatable bonds is 2. The highest BCUT2D eigenvalue weighted by Crippen LogP contribution is 2.33. The normalized spacial score (nSPS) is 11.8. The molecule has 0 atom stereocenters. The summed E-state index contributed by atoms with van der Waals surface area (Å²) in [7, 11) is 0. The predicted molar refractivity (Wildman–Crippen MR) is 61.9 cm³/mol. The molecule has 0 N–H and O–H groups in total. The van der Waals surface area contributed by atoms with Gasteiger partial charge in [-0.3, -0.25) is 0 Å². The molecule has 90 valence electrons. The molecule has 0 aliphatic carbocycles. The second-order valence-electron chi connectivity index (χ2n) is 3.59. The fraction of sp³-hybridized carbons (Fsp3) is 0.250. The van der Waals surface area contributed by atoms with Crippen LogP contribution in [-0.4, -0.2) is 4.98 Å². The Morgan fingerprint density at radius 1 is 1.18 bits per heavy atom. The van der Waals surface area contributed by atoms with Crippen molar-refractivity contribution in [2.75, 3.05) is 0 Å². The van der Waals surface area contributed by atoms with Crippen LogP contribution in [0.4, 0.5) is 13.2 Å². The van der Waals surface area contributed by atoms with Gasteiger partial charge in [0.25, 0.3) is 0 Å². The van der Waals surface area contributed by atoms with Crippen LogP contribution in [0.25, 0.3) is 10.6 Å². The smallest absolute Gasteiger partial charge is 0.232 e. The average molecular weight is 257 g/mol. The third-order valence-corrected chi connectivity index (χ3v) is 3.30. The summed E-state index contributed by atoms with van der Waals surface area (Å²) in [6, 6.07) is 7.42. The highest BCUT2D eigenvalue weighted by molar-refractivity contribution is 7.13.